The average Bonchev–Trinajstić information content (AvgIpc) is 2.72. The van der Waals surface area contributed by atoms with Gasteiger partial charge < -0.3 is 14.4 Å². The number of aliphatic carboxylic acids is 1. The normalized spacial score (nSPS) is 12.2. The van der Waals surface area contributed by atoms with Gasteiger partial charge in [-0.3, -0.25) is 0 Å². The summed E-state index contributed by atoms with van der Waals surface area (Å²) in [5.74, 6) is -0.0279. The van der Waals surface area contributed by atoms with Crippen molar-refractivity contribution >= 4 is 22.4 Å². The van der Waals surface area contributed by atoms with Crippen LogP contribution in [-0.4, -0.2) is 22.8 Å². The topological polar surface area (TPSA) is 51.5 Å². The zero-order valence-electron chi connectivity index (χ0n) is 12.2. The van der Waals surface area contributed by atoms with Gasteiger partial charge in [-0.05, 0) is 29.7 Å². The molecule has 2 aromatic rings. The van der Waals surface area contributed by atoms with Crippen LogP contribution < -0.4 is 4.74 Å². The largest absolute Gasteiger partial charge is 0.497 e. The first-order valence-electron chi connectivity index (χ1n) is 6.52. The first-order valence-corrected chi connectivity index (χ1v) is 6.52. The lowest BCUT2D eigenvalue weighted by Crippen LogP contribution is -1.98. The number of rotatable bonds is 4. The SMILES string of the molecule is COc1ccc2c(c1)c(/C(=C/C(=O)O)C(C)C)cn2C. The second-order valence-corrected chi connectivity index (χ2v) is 5.13. The van der Waals surface area contributed by atoms with Gasteiger partial charge in [0.2, 0.25) is 0 Å². The Morgan fingerprint density at radius 1 is 1.40 bits per heavy atom. The molecule has 2 rings (SSSR count). The maximum atomic E-state index is 11.0. The van der Waals surface area contributed by atoms with E-state index in [0.29, 0.717) is 0 Å². The fourth-order valence-electron chi connectivity index (χ4n) is 2.42. The van der Waals surface area contributed by atoms with E-state index in [1.807, 2.05) is 49.9 Å². The zero-order valence-corrected chi connectivity index (χ0v) is 12.2. The predicted octanol–water partition coefficient (Wildman–Crippen LogP) is 3.31. The summed E-state index contributed by atoms with van der Waals surface area (Å²) >= 11 is 0. The van der Waals surface area contributed by atoms with Crippen molar-refractivity contribution in [2.24, 2.45) is 13.0 Å². The van der Waals surface area contributed by atoms with E-state index in [9.17, 15) is 4.79 Å². The Morgan fingerprint density at radius 3 is 2.65 bits per heavy atom. The van der Waals surface area contributed by atoms with Gasteiger partial charge in [0.15, 0.2) is 0 Å². The number of ether oxygens (including phenoxy) is 1. The van der Waals surface area contributed by atoms with Crippen LogP contribution in [0.4, 0.5) is 0 Å². The van der Waals surface area contributed by atoms with Crippen LogP contribution in [0.1, 0.15) is 19.4 Å². The summed E-state index contributed by atoms with van der Waals surface area (Å²) in [7, 11) is 3.58. The summed E-state index contributed by atoms with van der Waals surface area (Å²) in [6.45, 7) is 3.99. The van der Waals surface area contributed by atoms with Gasteiger partial charge in [-0.1, -0.05) is 13.8 Å². The van der Waals surface area contributed by atoms with Crippen LogP contribution in [0.25, 0.3) is 16.5 Å². The monoisotopic (exact) mass is 273 g/mol. The molecule has 0 saturated heterocycles. The molecule has 1 aromatic heterocycles. The minimum absolute atomic E-state index is 0.128. The molecule has 0 spiro atoms. The molecule has 0 amide bonds. The number of aromatic nitrogens is 1. The van der Waals surface area contributed by atoms with Gasteiger partial charge in [0.05, 0.1) is 7.11 Å². The van der Waals surface area contributed by atoms with E-state index in [1.165, 1.54) is 6.08 Å². The summed E-state index contributed by atoms with van der Waals surface area (Å²) in [4.78, 5) is 11.0. The van der Waals surface area contributed by atoms with Gasteiger partial charge in [0.1, 0.15) is 5.75 Å². The molecule has 0 radical (unpaired) electrons. The van der Waals surface area contributed by atoms with Crippen molar-refractivity contribution in [1.29, 1.82) is 0 Å². The van der Waals surface area contributed by atoms with Crippen LogP contribution in [0.2, 0.25) is 0 Å². The van der Waals surface area contributed by atoms with Gasteiger partial charge in [-0.15, -0.1) is 0 Å². The Morgan fingerprint density at radius 2 is 2.10 bits per heavy atom. The van der Waals surface area contributed by atoms with E-state index < -0.39 is 5.97 Å². The standard InChI is InChI=1S/C16H19NO3/c1-10(2)12(8-16(18)19)14-9-17(3)15-6-5-11(20-4)7-13(14)15/h5-10H,1-4H3,(H,18,19)/b12-8+. The van der Waals surface area contributed by atoms with Crippen molar-refractivity contribution in [3.8, 4) is 5.75 Å². The number of benzene rings is 1. The van der Waals surface area contributed by atoms with Crippen LogP contribution in [-0.2, 0) is 11.8 Å². The van der Waals surface area contributed by atoms with Crippen LogP contribution in [0.15, 0.2) is 30.5 Å². The third-order valence-corrected chi connectivity index (χ3v) is 3.41. The fourth-order valence-corrected chi connectivity index (χ4v) is 2.42. The highest BCUT2D eigenvalue weighted by atomic mass is 16.5. The number of fused-ring (bicyclic) bond motifs is 1. The predicted molar refractivity (Wildman–Crippen MR) is 79.9 cm³/mol. The van der Waals surface area contributed by atoms with E-state index in [4.69, 9.17) is 9.84 Å². The van der Waals surface area contributed by atoms with E-state index in [-0.39, 0.29) is 5.92 Å². The highest BCUT2D eigenvalue weighted by molar-refractivity contribution is 5.99. The van der Waals surface area contributed by atoms with Crippen LogP contribution in [0.5, 0.6) is 5.75 Å². The molecule has 1 aromatic carbocycles. The summed E-state index contributed by atoms with van der Waals surface area (Å²) in [6, 6.07) is 5.83. The lowest BCUT2D eigenvalue weighted by molar-refractivity contribution is -0.131. The van der Waals surface area contributed by atoms with Crippen molar-refractivity contribution < 1.29 is 14.6 Å². The Labute approximate surface area is 118 Å². The van der Waals surface area contributed by atoms with Crippen molar-refractivity contribution in [2.45, 2.75) is 13.8 Å². The van der Waals surface area contributed by atoms with Crippen LogP contribution in [0, 0.1) is 5.92 Å². The molecular weight excluding hydrogens is 254 g/mol. The molecule has 0 aliphatic heterocycles. The van der Waals surface area contributed by atoms with Crippen molar-refractivity contribution in [3.05, 3.63) is 36.0 Å². The Balaban J connectivity index is 2.72. The van der Waals surface area contributed by atoms with Gasteiger partial charge >= 0.3 is 5.97 Å². The van der Waals surface area contributed by atoms with Gasteiger partial charge in [0.25, 0.3) is 0 Å². The molecule has 0 aliphatic carbocycles. The second-order valence-electron chi connectivity index (χ2n) is 5.13. The number of hydrogen-bond donors (Lipinski definition) is 1. The number of carboxylic acid groups (broad SMARTS) is 1. The summed E-state index contributed by atoms with van der Waals surface area (Å²) in [5, 5.41) is 10.1. The molecule has 4 nitrogen and oxygen atoms in total. The van der Waals surface area contributed by atoms with E-state index in [1.54, 1.807) is 7.11 Å². The Hall–Kier alpha value is -2.23. The van der Waals surface area contributed by atoms with Gasteiger partial charge in [-0.25, -0.2) is 4.79 Å². The average molecular weight is 273 g/mol. The summed E-state index contributed by atoms with van der Waals surface area (Å²) in [6.07, 6.45) is 3.26. The second kappa shape index (κ2) is 5.41. The smallest absolute Gasteiger partial charge is 0.328 e. The molecule has 0 bridgehead atoms. The number of nitrogens with zero attached hydrogens (tertiary/aromatic N) is 1. The lowest BCUT2D eigenvalue weighted by atomic mass is 9.94. The number of aryl methyl sites for hydroxylation is 1. The van der Waals surface area contributed by atoms with Gasteiger partial charge in [-0.2, -0.15) is 0 Å². The van der Waals surface area contributed by atoms with Crippen molar-refractivity contribution in [2.75, 3.05) is 7.11 Å². The first kappa shape index (κ1) is 14.2. The molecule has 1 heterocycles. The molecular formula is C16H19NO3. The molecule has 0 saturated carbocycles. The minimum atomic E-state index is -0.923. The van der Waals surface area contributed by atoms with E-state index >= 15 is 0 Å². The first-order chi connectivity index (χ1) is 9.43. The fraction of sp³-hybridized carbons (Fsp3) is 0.312. The summed E-state index contributed by atoms with van der Waals surface area (Å²) in [5.41, 5.74) is 2.81. The molecule has 0 fully saturated rings. The third-order valence-electron chi connectivity index (χ3n) is 3.41. The van der Waals surface area contributed by atoms with Gasteiger partial charge in [0, 0.05) is 35.8 Å². The molecule has 4 heteroatoms. The Kier molecular flexibility index (Phi) is 3.84. The van der Waals surface area contributed by atoms with Crippen molar-refractivity contribution in [3.63, 3.8) is 0 Å². The third kappa shape index (κ3) is 2.54. The minimum Gasteiger partial charge on any atom is -0.497 e. The highest BCUT2D eigenvalue weighted by Crippen LogP contribution is 2.33. The molecule has 1 N–H and O–H groups in total. The number of carbonyl (C=O) groups is 1. The van der Waals surface area contributed by atoms with Crippen LogP contribution >= 0.6 is 0 Å². The number of hydrogen-bond acceptors (Lipinski definition) is 2. The summed E-state index contributed by atoms with van der Waals surface area (Å²) < 4.78 is 7.26. The van der Waals surface area contributed by atoms with Crippen molar-refractivity contribution in [1.82, 2.24) is 4.57 Å². The molecule has 0 unspecified atom stereocenters. The molecule has 0 atom stereocenters. The highest BCUT2D eigenvalue weighted by Gasteiger charge is 2.15. The number of allylic oxidation sites excluding steroid dienone is 1. The Bertz CT molecular complexity index is 680. The number of methoxy groups -OCH3 is 1. The maximum absolute atomic E-state index is 11.0. The van der Waals surface area contributed by atoms with Crippen LogP contribution in [0.3, 0.4) is 0 Å². The molecule has 20 heavy (non-hydrogen) atoms. The zero-order chi connectivity index (χ0) is 14.9. The maximum Gasteiger partial charge on any atom is 0.328 e. The van der Waals surface area contributed by atoms with E-state index in [0.717, 1.165) is 27.8 Å². The molecule has 106 valence electrons. The van der Waals surface area contributed by atoms with E-state index in [2.05, 4.69) is 0 Å². The lowest BCUT2D eigenvalue weighted by Gasteiger charge is -2.10. The molecule has 0 aliphatic rings. The number of carboxylic acids is 1. The quantitative estimate of drug-likeness (QED) is 0.869.